The predicted octanol–water partition coefficient (Wildman–Crippen LogP) is 6.30. The molecule has 1 aromatic heterocycles. The molecule has 1 fully saturated rings. The quantitative estimate of drug-likeness (QED) is 0.0489. The van der Waals surface area contributed by atoms with Crippen LogP contribution in [0, 0.1) is 46.8 Å². The number of aromatic amines is 1. The van der Waals surface area contributed by atoms with E-state index in [-0.39, 0.29) is 55.7 Å². The SMILES string of the molecule is CCC1Cc2cc(O)c(OC3CC(Cc4ccc[nH]4)C4=CCNC(N)=C4CSSCC(CO)C3O)cc2C2CC(O)C3C(C#CC(CCO)(CCc4ccccc4)CC(O)CCC3OCCO)C=C12. The van der Waals surface area contributed by atoms with Crippen molar-refractivity contribution in [2.45, 2.75) is 114 Å². The summed E-state index contributed by atoms with van der Waals surface area (Å²) in [5.74, 6) is 7.61. The fraction of sp³-hybridized carbons (Fsp3) is 0.564. The zero-order valence-corrected chi connectivity index (χ0v) is 41.5. The molecule has 3 heterocycles. The van der Waals surface area contributed by atoms with Crippen LogP contribution < -0.4 is 15.8 Å². The van der Waals surface area contributed by atoms with Gasteiger partial charge in [0.25, 0.3) is 0 Å². The largest absolute Gasteiger partial charge is 0.504 e. The van der Waals surface area contributed by atoms with Crippen molar-refractivity contribution in [3.05, 3.63) is 118 Å². The molecule has 3 aromatic rings. The van der Waals surface area contributed by atoms with E-state index in [0.717, 1.165) is 40.8 Å². The highest BCUT2D eigenvalue weighted by Crippen LogP contribution is 2.51. The van der Waals surface area contributed by atoms with Gasteiger partial charge in [0.15, 0.2) is 11.5 Å². The molecular weight excluding hydrogens is 911 g/mol. The van der Waals surface area contributed by atoms with Gasteiger partial charge in [0, 0.05) is 77.8 Å². The summed E-state index contributed by atoms with van der Waals surface area (Å²) in [4.78, 5) is 3.36. The first-order valence-corrected chi connectivity index (χ1v) is 27.6. The second-order valence-electron chi connectivity index (χ2n) is 19.9. The summed E-state index contributed by atoms with van der Waals surface area (Å²) in [5.41, 5.74) is 13.4. The number of hydrogen-bond donors (Lipinski definition) is 10. The summed E-state index contributed by atoms with van der Waals surface area (Å²) < 4.78 is 13.3. The number of ether oxygens (including phenoxy) is 2. The number of aliphatic hydroxyl groups excluding tert-OH is 6. The van der Waals surface area contributed by atoms with Crippen LogP contribution >= 0.6 is 21.6 Å². The van der Waals surface area contributed by atoms with Crippen LogP contribution in [0.2, 0.25) is 0 Å². The number of benzene rings is 2. The molecule has 0 saturated carbocycles. The Morgan fingerprint density at radius 1 is 0.942 bits per heavy atom. The summed E-state index contributed by atoms with van der Waals surface area (Å²) in [5, 5.41) is 82.8. The number of dihydropyridines is 1. The molecule has 374 valence electrons. The average molecular weight is 984 g/mol. The van der Waals surface area contributed by atoms with Crippen molar-refractivity contribution in [1.29, 1.82) is 0 Å². The number of H-pyrrole nitrogens is 1. The maximum atomic E-state index is 12.7. The van der Waals surface area contributed by atoms with Crippen molar-refractivity contribution in [3.8, 4) is 23.3 Å². The van der Waals surface area contributed by atoms with E-state index in [2.05, 4.69) is 53.4 Å². The molecule has 2 aromatic carbocycles. The van der Waals surface area contributed by atoms with Crippen molar-refractivity contribution >= 4 is 21.6 Å². The van der Waals surface area contributed by atoms with Crippen LogP contribution in [-0.4, -0.2) is 116 Å². The fourth-order valence-electron chi connectivity index (χ4n) is 11.8. The van der Waals surface area contributed by atoms with E-state index in [9.17, 15) is 35.7 Å². The van der Waals surface area contributed by atoms with Gasteiger partial charge < -0.3 is 61.3 Å². The molecule has 0 spiro atoms. The summed E-state index contributed by atoms with van der Waals surface area (Å²) in [6, 6.07) is 17.9. The van der Waals surface area contributed by atoms with Gasteiger partial charge in [0.1, 0.15) is 11.9 Å². The monoisotopic (exact) mass is 983 g/mol. The number of fused-ring (bicyclic) bond motifs is 5. The minimum atomic E-state index is -1.07. The highest BCUT2D eigenvalue weighted by atomic mass is 33.1. The molecule has 12 unspecified atom stereocenters. The van der Waals surface area contributed by atoms with E-state index in [4.69, 9.17) is 15.2 Å². The summed E-state index contributed by atoms with van der Waals surface area (Å²) in [6.45, 7) is 2.33. The molecule has 2 aliphatic heterocycles. The van der Waals surface area contributed by atoms with Gasteiger partial charge in [-0.3, -0.25) is 0 Å². The Balaban J connectivity index is 1.18. The van der Waals surface area contributed by atoms with E-state index in [0.29, 0.717) is 81.7 Å². The van der Waals surface area contributed by atoms with Crippen LogP contribution in [0.1, 0.15) is 86.6 Å². The number of aromatic nitrogens is 1. The Labute approximate surface area is 415 Å². The van der Waals surface area contributed by atoms with Crippen LogP contribution in [-0.2, 0) is 24.0 Å². The molecule has 0 bridgehead atoms. The third-order valence-corrected chi connectivity index (χ3v) is 17.9. The van der Waals surface area contributed by atoms with Gasteiger partial charge in [-0.05, 0) is 129 Å². The van der Waals surface area contributed by atoms with Crippen LogP contribution in [0.15, 0.2) is 95.5 Å². The summed E-state index contributed by atoms with van der Waals surface area (Å²) in [6.07, 6.45) is 8.27. The molecule has 3 aliphatic carbocycles. The number of rotatable bonds is 14. The lowest BCUT2D eigenvalue weighted by atomic mass is 9.70. The molecule has 1 saturated heterocycles. The highest BCUT2D eigenvalue weighted by Gasteiger charge is 2.45. The third-order valence-electron chi connectivity index (χ3n) is 15.5. The normalized spacial score (nSPS) is 31.9. The lowest BCUT2D eigenvalue weighted by Gasteiger charge is -2.37. The molecule has 69 heavy (non-hydrogen) atoms. The van der Waals surface area contributed by atoms with Gasteiger partial charge in [0.05, 0.1) is 37.6 Å². The fourth-order valence-corrected chi connectivity index (χ4v) is 14.3. The Bertz CT molecular complexity index is 2310. The smallest absolute Gasteiger partial charge is 0.161 e. The van der Waals surface area contributed by atoms with Crippen molar-refractivity contribution in [1.82, 2.24) is 10.3 Å². The van der Waals surface area contributed by atoms with E-state index in [1.54, 1.807) is 27.7 Å². The zero-order valence-electron chi connectivity index (χ0n) is 39.8. The second-order valence-corrected chi connectivity index (χ2v) is 22.4. The Hall–Kier alpha value is -3.88. The second kappa shape index (κ2) is 24.0. The van der Waals surface area contributed by atoms with Gasteiger partial charge in [0.2, 0.25) is 0 Å². The average Bonchev–Trinajstić information content (AvgIpc) is 3.81. The highest BCUT2D eigenvalue weighted by molar-refractivity contribution is 8.76. The minimum absolute atomic E-state index is 0.0317. The van der Waals surface area contributed by atoms with Gasteiger partial charge in [-0.2, -0.15) is 0 Å². The number of phenols is 1. The molecule has 14 heteroatoms. The standard InChI is InChI=1S/C55H73N3O9S2/c1-2-35-23-37-26-47(63)50(67-51-27-38(24-40-9-6-18-57-40)42-14-19-58-54(56)46(42)33-69-68-32-39(31-61)53(51)65)29-44(37)45-28-48(64)52-36(25-43(35)45)13-16-55(17-20-59,15-12-34-7-4-3-5-8-34)30-41(62)10-11-49(52)66-22-21-60/h3-9,14,18,25-26,29,35-36,38-39,41,45,48-49,51-53,57-65H,2,10-12,15,17,19-24,27-28,30-33,56H2,1H3. The number of nitrogens with two attached hydrogens (primary N) is 1. The minimum Gasteiger partial charge on any atom is -0.504 e. The Morgan fingerprint density at radius 2 is 1.78 bits per heavy atom. The van der Waals surface area contributed by atoms with Crippen molar-refractivity contribution in [2.75, 3.05) is 44.5 Å². The van der Waals surface area contributed by atoms with Crippen LogP contribution in [0.4, 0.5) is 0 Å². The van der Waals surface area contributed by atoms with E-state index in [1.807, 2.05) is 42.6 Å². The number of nitrogens with one attached hydrogen (secondary N) is 2. The van der Waals surface area contributed by atoms with Gasteiger partial charge in [-0.25, -0.2) is 0 Å². The van der Waals surface area contributed by atoms with E-state index in [1.165, 1.54) is 11.1 Å². The maximum Gasteiger partial charge on any atom is 0.161 e. The number of aromatic hydroxyl groups is 1. The summed E-state index contributed by atoms with van der Waals surface area (Å²) >= 11 is 0. The first kappa shape index (κ1) is 51.5. The molecule has 0 radical (unpaired) electrons. The van der Waals surface area contributed by atoms with Crippen molar-refractivity contribution in [3.63, 3.8) is 0 Å². The van der Waals surface area contributed by atoms with Crippen LogP contribution in [0.25, 0.3) is 0 Å². The lowest BCUT2D eigenvalue weighted by Crippen LogP contribution is -2.42. The molecule has 12 atom stereocenters. The molecule has 12 nitrogen and oxygen atoms in total. The summed E-state index contributed by atoms with van der Waals surface area (Å²) in [7, 11) is 3.24. The topological polar surface area (TPSA) is 214 Å². The van der Waals surface area contributed by atoms with E-state index < -0.39 is 53.7 Å². The van der Waals surface area contributed by atoms with Gasteiger partial charge in [-0.15, -0.1) is 0 Å². The van der Waals surface area contributed by atoms with Crippen LogP contribution in [0.5, 0.6) is 11.5 Å². The number of phenolic OH excluding ortho intramolecular Hbond substituents is 1. The third kappa shape index (κ3) is 12.3. The zero-order chi connectivity index (χ0) is 48.5. The van der Waals surface area contributed by atoms with Gasteiger partial charge >= 0.3 is 0 Å². The van der Waals surface area contributed by atoms with E-state index >= 15 is 0 Å². The number of hydrogen-bond acceptors (Lipinski definition) is 13. The first-order chi connectivity index (χ1) is 33.5. The lowest BCUT2D eigenvalue weighted by molar-refractivity contribution is -0.0654. The Morgan fingerprint density at radius 3 is 2.54 bits per heavy atom. The molecule has 8 rings (SSSR count). The molecular formula is C55H73N3O9S2. The molecule has 0 amide bonds. The van der Waals surface area contributed by atoms with Crippen molar-refractivity contribution < 1.29 is 45.2 Å². The van der Waals surface area contributed by atoms with Gasteiger partial charge in [-0.1, -0.05) is 88.4 Å². The first-order valence-electron chi connectivity index (χ1n) is 25.1. The Kier molecular flexibility index (Phi) is 17.9. The van der Waals surface area contributed by atoms with Crippen LogP contribution in [0.3, 0.4) is 0 Å². The molecule has 5 aliphatic rings. The number of aliphatic hydroxyl groups is 6. The number of aryl methyl sites for hydroxylation is 1. The van der Waals surface area contributed by atoms with Crippen molar-refractivity contribution in [2.24, 2.45) is 40.7 Å². The predicted molar refractivity (Wildman–Crippen MR) is 273 cm³/mol. The maximum absolute atomic E-state index is 12.7. The molecule has 11 N–H and O–H groups in total. The number of allylic oxidation sites excluding steroid dienone is 3.